The van der Waals surface area contributed by atoms with E-state index in [9.17, 15) is 0 Å². The molecule has 0 saturated heterocycles. The zero-order chi connectivity index (χ0) is 15.2. The minimum Gasteiger partial charge on any atom is -0.327 e. The minimum atomic E-state index is 0.487. The van der Waals surface area contributed by atoms with E-state index in [1.807, 2.05) is 6.20 Å². The molecule has 0 amide bonds. The van der Waals surface area contributed by atoms with E-state index in [4.69, 9.17) is 0 Å². The highest BCUT2D eigenvalue weighted by Crippen LogP contribution is 2.24. The van der Waals surface area contributed by atoms with Gasteiger partial charge >= 0.3 is 0 Å². The summed E-state index contributed by atoms with van der Waals surface area (Å²) in [7, 11) is 0. The highest BCUT2D eigenvalue weighted by molar-refractivity contribution is 5.60. The number of hydrogen-bond donors (Lipinski definition) is 1. The SMILES string of the molecule is CCN(c1ccc(C)cc1)c1cc(CNC(C)C)ccn1. The van der Waals surface area contributed by atoms with Gasteiger partial charge in [0.2, 0.25) is 0 Å². The number of nitrogens with zero attached hydrogens (tertiary/aromatic N) is 2. The summed E-state index contributed by atoms with van der Waals surface area (Å²) >= 11 is 0. The molecule has 3 nitrogen and oxygen atoms in total. The fraction of sp³-hybridized carbons (Fsp3) is 0.389. The summed E-state index contributed by atoms with van der Waals surface area (Å²) in [6.07, 6.45) is 1.89. The summed E-state index contributed by atoms with van der Waals surface area (Å²) in [5, 5.41) is 3.45. The van der Waals surface area contributed by atoms with Crippen molar-refractivity contribution in [3.63, 3.8) is 0 Å². The molecule has 2 aromatic rings. The molecule has 1 heterocycles. The van der Waals surface area contributed by atoms with Crippen LogP contribution in [0.25, 0.3) is 0 Å². The third kappa shape index (κ3) is 4.30. The Hall–Kier alpha value is -1.87. The van der Waals surface area contributed by atoms with E-state index in [1.165, 1.54) is 16.8 Å². The van der Waals surface area contributed by atoms with Crippen LogP contribution in [0.1, 0.15) is 31.9 Å². The summed E-state index contributed by atoms with van der Waals surface area (Å²) < 4.78 is 0. The predicted octanol–water partition coefficient (Wildman–Crippen LogP) is 4.05. The first-order chi connectivity index (χ1) is 10.1. The van der Waals surface area contributed by atoms with Gasteiger partial charge in [-0.15, -0.1) is 0 Å². The lowest BCUT2D eigenvalue weighted by Crippen LogP contribution is -2.22. The van der Waals surface area contributed by atoms with Gasteiger partial charge in [-0.05, 0) is 43.7 Å². The Labute approximate surface area is 128 Å². The molecule has 0 fully saturated rings. The fourth-order valence-electron chi connectivity index (χ4n) is 2.24. The van der Waals surface area contributed by atoms with Crippen molar-refractivity contribution in [2.75, 3.05) is 11.4 Å². The van der Waals surface area contributed by atoms with Gasteiger partial charge in [-0.3, -0.25) is 0 Å². The molecule has 112 valence electrons. The van der Waals surface area contributed by atoms with Crippen LogP contribution in [0.2, 0.25) is 0 Å². The molecule has 21 heavy (non-hydrogen) atoms. The summed E-state index contributed by atoms with van der Waals surface area (Å²) in [6.45, 7) is 10.4. The van der Waals surface area contributed by atoms with E-state index in [0.717, 1.165) is 18.9 Å². The molecular weight excluding hydrogens is 258 g/mol. The van der Waals surface area contributed by atoms with E-state index in [2.05, 4.69) is 79.3 Å². The first-order valence-corrected chi connectivity index (χ1v) is 7.62. The highest BCUT2D eigenvalue weighted by Gasteiger charge is 2.09. The molecule has 1 aromatic carbocycles. The molecule has 1 aromatic heterocycles. The van der Waals surface area contributed by atoms with Gasteiger partial charge in [0.25, 0.3) is 0 Å². The van der Waals surface area contributed by atoms with Gasteiger partial charge in [0.05, 0.1) is 0 Å². The van der Waals surface area contributed by atoms with Crippen molar-refractivity contribution in [1.29, 1.82) is 0 Å². The molecule has 2 rings (SSSR count). The molecule has 3 heteroatoms. The molecule has 0 radical (unpaired) electrons. The lowest BCUT2D eigenvalue weighted by Gasteiger charge is -2.23. The number of benzene rings is 1. The Kier molecular flexibility index (Phi) is 5.34. The van der Waals surface area contributed by atoms with E-state index < -0.39 is 0 Å². The van der Waals surface area contributed by atoms with Crippen molar-refractivity contribution in [3.05, 3.63) is 53.7 Å². The second-order valence-electron chi connectivity index (χ2n) is 5.64. The van der Waals surface area contributed by atoms with Gasteiger partial charge < -0.3 is 10.2 Å². The van der Waals surface area contributed by atoms with Gasteiger partial charge in [0.15, 0.2) is 0 Å². The molecule has 0 atom stereocenters. The van der Waals surface area contributed by atoms with Crippen LogP contribution in [-0.2, 0) is 6.54 Å². The number of hydrogen-bond acceptors (Lipinski definition) is 3. The van der Waals surface area contributed by atoms with Gasteiger partial charge in [0.1, 0.15) is 5.82 Å². The number of rotatable bonds is 6. The first-order valence-electron chi connectivity index (χ1n) is 7.62. The Morgan fingerprint density at radius 1 is 1.14 bits per heavy atom. The largest absolute Gasteiger partial charge is 0.327 e. The summed E-state index contributed by atoms with van der Waals surface area (Å²) in [5.74, 6) is 1.00. The van der Waals surface area contributed by atoms with Gasteiger partial charge in [-0.1, -0.05) is 31.5 Å². The maximum absolute atomic E-state index is 4.53. The Bertz CT molecular complexity index is 561. The average Bonchev–Trinajstić information content (AvgIpc) is 2.48. The second kappa shape index (κ2) is 7.23. The smallest absolute Gasteiger partial charge is 0.133 e. The van der Waals surface area contributed by atoms with E-state index >= 15 is 0 Å². The van der Waals surface area contributed by atoms with Crippen LogP contribution in [0.15, 0.2) is 42.6 Å². The second-order valence-corrected chi connectivity index (χ2v) is 5.64. The Balaban J connectivity index is 2.21. The zero-order valence-corrected chi connectivity index (χ0v) is 13.4. The molecule has 0 saturated carbocycles. The van der Waals surface area contributed by atoms with Crippen LogP contribution in [0.3, 0.4) is 0 Å². The molecule has 1 N–H and O–H groups in total. The van der Waals surface area contributed by atoms with Crippen molar-refractivity contribution in [3.8, 4) is 0 Å². The van der Waals surface area contributed by atoms with Gasteiger partial charge in [0, 0.05) is 31.0 Å². The first kappa shape index (κ1) is 15.5. The van der Waals surface area contributed by atoms with Crippen molar-refractivity contribution < 1.29 is 0 Å². The summed E-state index contributed by atoms with van der Waals surface area (Å²) in [6, 6.07) is 13.3. The zero-order valence-electron chi connectivity index (χ0n) is 13.4. The van der Waals surface area contributed by atoms with Crippen LogP contribution < -0.4 is 10.2 Å². The predicted molar refractivity (Wildman–Crippen MR) is 90.1 cm³/mol. The van der Waals surface area contributed by atoms with Crippen LogP contribution >= 0.6 is 0 Å². The van der Waals surface area contributed by atoms with Crippen molar-refractivity contribution in [2.24, 2.45) is 0 Å². The van der Waals surface area contributed by atoms with Crippen LogP contribution in [-0.4, -0.2) is 17.6 Å². The van der Waals surface area contributed by atoms with Gasteiger partial charge in [-0.2, -0.15) is 0 Å². The lowest BCUT2D eigenvalue weighted by atomic mass is 10.2. The Morgan fingerprint density at radius 3 is 2.48 bits per heavy atom. The van der Waals surface area contributed by atoms with Gasteiger partial charge in [-0.25, -0.2) is 4.98 Å². The van der Waals surface area contributed by atoms with Crippen molar-refractivity contribution in [1.82, 2.24) is 10.3 Å². The topological polar surface area (TPSA) is 28.2 Å². The third-order valence-corrected chi connectivity index (χ3v) is 3.46. The summed E-state index contributed by atoms with van der Waals surface area (Å²) in [4.78, 5) is 6.77. The average molecular weight is 283 g/mol. The molecule has 0 bridgehead atoms. The highest BCUT2D eigenvalue weighted by atomic mass is 15.2. The van der Waals surface area contributed by atoms with Crippen LogP contribution in [0.5, 0.6) is 0 Å². The molecule has 0 unspecified atom stereocenters. The molecule has 0 aliphatic rings. The summed E-state index contributed by atoms with van der Waals surface area (Å²) in [5.41, 5.74) is 3.72. The molecule has 0 aliphatic carbocycles. The number of aromatic nitrogens is 1. The fourth-order valence-corrected chi connectivity index (χ4v) is 2.24. The van der Waals surface area contributed by atoms with Crippen molar-refractivity contribution >= 4 is 11.5 Å². The minimum absolute atomic E-state index is 0.487. The van der Waals surface area contributed by atoms with Crippen LogP contribution in [0.4, 0.5) is 11.5 Å². The molecular formula is C18H25N3. The number of pyridine rings is 1. The maximum atomic E-state index is 4.53. The quantitative estimate of drug-likeness (QED) is 0.867. The third-order valence-electron chi connectivity index (χ3n) is 3.46. The molecule has 0 spiro atoms. The van der Waals surface area contributed by atoms with E-state index in [1.54, 1.807) is 0 Å². The lowest BCUT2D eigenvalue weighted by molar-refractivity contribution is 0.588. The number of anilines is 2. The monoisotopic (exact) mass is 283 g/mol. The van der Waals surface area contributed by atoms with Crippen molar-refractivity contribution in [2.45, 2.75) is 40.3 Å². The number of aryl methyl sites for hydroxylation is 1. The normalized spacial score (nSPS) is 10.9. The van der Waals surface area contributed by atoms with E-state index in [0.29, 0.717) is 6.04 Å². The number of nitrogens with one attached hydrogen (secondary N) is 1. The molecule has 0 aliphatic heterocycles. The maximum Gasteiger partial charge on any atom is 0.133 e. The Morgan fingerprint density at radius 2 is 1.86 bits per heavy atom. The standard InChI is InChI=1S/C18H25N3/c1-5-21(17-8-6-15(4)7-9-17)18-12-16(10-11-19-18)13-20-14(2)3/h6-12,14,20H,5,13H2,1-4H3. The van der Waals surface area contributed by atoms with E-state index in [-0.39, 0.29) is 0 Å². The van der Waals surface area contributed by atoms with Crippen LogP contribution in [0, 0.1) is 6.92 Å².